The highest BCUT2D eigenvalue weighted by Gasteiger charge is 2.20. The van der Waals surface area contributed by atoms with Gasteiger partial charge in [0.2, 0.25) is 5.91 Å². The summed E-state index contributed by atoms with van der Waals surface area (Å²) in [6, 6.07) is 19.0. The summed E-state index contributed by atoms with van der Waals surface area (Å²) in [6.45, 7) is 5.71. The number of hydrogen-bond donors (Lipinski definition) is 0. The standard InChI is InChI=1S/C31H39N3O/c1-2-3-4-5-6-7-8-13-31(35)34-24-22-33(23-25-34)28-18-15-26(16-19-28)14-17-27-20-21-32-30-12-10-9-11-29(27)30/h9-12,14-21H,2-8,13,22-25H2,1H3. The number of amides is 1. The minimum atomic E-state index is 0.335. The zero-order valence-electron chi connectivity index (χ0n) is 21.2. The molecule has 4 nitrogen and oxygen atoms in total. The van der Waals surface area contributed by atoms with E-state index in [1.165, 1.54) is 60.7 Å². The Kier molecular flexibility index (Phi) is 9.33. The number of unbranched alkanes of at least 4 members (excludes halogenated alkanes) is 6. The Morgan fingerprint density at radius 3 is 2.31 bits per heavy atom. The zero-order chi connectivity index (χ0) is 24.3. The van der Waals surface area contributed by atoms with Crippen LogP contribution in [0.4, 0.5) is 5.69 Å². The normalized spacial score (nSPS) is 14.2. The van der Waals surface area contributed by atoms with Gasteiger partial charge in [-0.1, -0.05) is 87.9 Å². The first kappa shape index (κ1) is 25.0. The highest BCUT2D eigenvalue weighted by atomic mass is 16.2. The average molecular weight is 470 g/mol. The van der Waals surface area contributed by atoms with E-state index in [1.54, 1.807) is 0 Å². The fourth-order valence-corrected chi connectivity index (χ4v) is 4.85. The lowest BCUT2D eigenvalue weighted by atomic mass is 10.1. The first-order valence-corrected chi connectivity index (χ1v) is 13.4. The smallest absolute Gasteiger partial charge is 0.222 e. The number of carbonyl (C=O) groups excluding carboxylic acids is 1. The van der Waals surface area contributed by atoms with Crippen molar-refractivity contribution in [3.8, 4) is 0 Å². The minimum absolute atomic E-state index is 0.335. The van der Waals surface area contributed by atoms with Crippen LogP contribution in [0.5, 0.6) is 0 Å². The molecular formula is C31H39N3O. The van der Waals surface area contributed by atoms with Crippen molar-refractivity contribution in [3.05, 3.63) is 71.9 Å². The lowest BCUT2D eigenvalue weighted by molar-refractivity contribution is -0.131. The molecule has 1 aliphatic heterocycles. The molecule has 1 aliphatic rings. The van der Waals surface area contributed by atoms with Gasteiger partial charge in [0.1, 0.15) is 0 Å². The number of para-hydroxylation sites is 1. The monoisotopic (exact) mass is 469 g/mol. The van der Waals surface area contributed by atoms with Gasteiger partial charge in [-0.15, -0.1) is 0 Å². The van der Waals surface area contributed by atoms with Gasteiger partial charge in [0.15, 0.2) is 0 Å². The van der Waals surface area contributed by atoms with Gasteiger partial charge in [-0.25, -0.2) is 0 Å². The molecular weight excluding hydrogens is 430 g/mol. The third-order valence-corrected chi connectivity index (χ3v) is 7.02. The summed E-state index contributed by atoms with van der Waals surface area (Å²) in [6.07, 6.45) is 15.7. The summed E-state index contributed by atoms with van der Waals surface area (Å²) >= 11 is 0. The predicted molar refractivity (Wildman–Crippen MR) is 149 cm³/mol. The van der Waals surface area contributed by atoms with Crippen LogP contribution in [0.1, 0.15) is 69.4 Å². The van der Waals surface area contributed by atoms with Gasteiger partial charge < -0.3 is 9.80 Å². The molecule has 1 fully saturated rings. The Morgan fingerprint density at radius 2 is 1.54 bits per heavy atom. The molecule has 1 aromatic heterocycles. The molecule has 2 heterocycles. The number of carbonyl (C=O) groups is 1. The lowest BCUT2D eigenvalue weighted by Crippen LogP contribution is -2.48. The molecule has 1 amide bonds. The Bertz CT molecular complexity index is 1090. The van der Waals surface area contributed by atoms with Crippen molar-refractivity contribution in [3.63, 3.8) is 0 Å². The van der Waals surface area contributed by atoms with Crippen LogP contribution in [0.2, 0.25) is 0 Å². The number of nitrogens with zero attached hydrogens (tertiary/aromatic N) is 3. The highest BCUT2D eigenvalue weighted by molar-refractivity contribution is 5.90. The van der Waals surface area contributed by atoms with E-state index in [9.17, 15) is 4.79 Å². The van der Waals surface area contributed by atoms with Gasteiger partial charge in [0.25, 0.3) is 0 Å². The molecule has 0 saturated carbocycles. The molecule has 0 atom stereocenters. The second-order valence-electron chi connectivity index (χ2n) is 9.58. The number of benzene rings is 2. The van der Waals surface area contributed by atoms with Crippen LogP contribution < -0.4 is 4.90 Å². The van der Waals surface area contributed by atoms with E-state index < -0.39 is 0 Å². The largest absolute Gasteiger partial charge is 0.368 e. The second kappa shape index (κ2) is 13.1. The van der Waals surface area contributed by atoms with Crippen LogP contribution in [0.15, 0.2) is 60.8 Å². The van der Waals surface area contributed by atoms with Gasteiger partial charge >= 0.3 is 0 Å². The molecule has 35 heavy (non-hydrogen) atoms. The highest BCUT2D eigenvalue weighted by Crippen LogP contribution is 2.21. The van der Waals surface area contributed by atoms with Crippen molar-refractivity contribution in [1.82, 2.24) is 9.88 Å². The number of piperazine rings is 1. The molecule has 3 aromatic rings. The maximum atomic E-state index is 12.6. The summed E-state index contributed by atoms with van der Waals surface area (Å²) < 4.78 is 0. The summed E-state index contributed by atoms with van der Waals surface area (Å²) in [5.74, 6) is 0.335. The van der Waals surface area contributed by atoms with Gasteiger partial charge in [-0.3, -0.25) is 9.78 Å². The van der Waals surface area contributed by atoms with Gasteiger partial charge in [-0.2, -0.15) is 0 Å². The molecule has 0 unspecified atom stereocenters. The zero-order valence-corrected chi connectivity index (χ0v) is 21.2. The second-order valence-corrected chi connectivity index (χ2v) is 9.58. The van der Waals surface area contributed by atoms with Crippen molar-refractivity contribution >= 4 is 34.6 Å². The van der Waals surface area contributed by atoms with Crippen molar-refractivity contribution in [1.29, 1.82) is 0 Å². The maximum Gasteiger partial charge on any atom is 0.222 e. The number of anilines is 1. The lowest BCUT2D eigenvalue weighted by Gasteiger charge is -2.36. The molecule has 4 rings (SSSR count). The van der Waals surface area contributed by atoms with Gasteiger partial charge in [0, 0.05) is 49.9 Å². The third kappa shape index (κ3) is 7.17. The molecule has 0 aliphatic carbocycles. The van der Waals surface area contributed by atoms with Crippen LogP contribution in [0.25, 0.3) is 23.1 Å². The van der Waals surface area contributed by atoms with E-state index in [4.69, 9.17) is 0 Å². The van der Waals surface area contributed by atoms with Crippen LogP contribution >= 0.6 is 0 Å². The summed E-state index contributed by atoms with van der Waals surface area (Å²) in [5.41, 5.74) is 4.61. The Hall–Kier alpha value is -3.14. The van der Waals surface area contributed by atoms with Gasteiger partial charge in [-0.05, 0) is 41.8 Å². The predicted octanol–water partition coefficient (Wildman–Crippen LogP) is 7.19. The molecule has 0 bridgehead atoms. The molecule has 1 saturated heterocycles. The van der Waals surface area contributed by atoms with Crippen LogP contribution in [-0.4, -0.2) is 42.0 Å². The first-order valence-electron chi connectivity index (χ1n) is 13.4. The molecule has 4 heteroatoms. The van der Waals surface area contributed by atoms with Crippen molar-refractivity contribution in [2.45, 2.75) is 58.3 Å². The number of rotatable bonds is 11. The Labute approximate surface area is 210 Å². The van der Waals surface area contributed by atoms with E-state index in [0.717, 1.165) is 38.1 Å². The van der Waals surface area contributed by atoms with Crippen molar-refractivity contribution in [2.75, 3.05) is 31.1 Å². The molecule has 184 valence electrons. The summed E-state index contributed by atoms with van der Waals surface area (Å²) in [4.78, 5) is 21.5. The van der Waals surface area contributed by atoms with E-state index in [2.05, 4.69) is 76.3 Å². The van der Waals surface area contributed by atoms with Crippen molar-refractivity contribution in [2.24, 2.45) is 0 Å². The van der Waals surface area contributed by atoms with Gasteiger partial charge in [0.05, 0.1) is 5.52 Å². The number of aromatic nitrogens is 1. The number of pyridine rings is 1. The third-order valence-electron chi connectivity index (χ3n) is 7.02. The van der Waals surface area contributed by atoms with Crippen LogP contribution in [0, 0.1) is 0 Å². The minimum Gasteiger partial charge on any atom is -0.368 e. The van der Waals surface area contributed by atoms with Crippen LogP contribution in [0.3, 0.4) is 0 Å². The Balaban J connectivity index is 1.22. The molecule has 0 spiro atoms. The SMILES string of the molecule is CCCCCCCCCC(=O)N1CCN(c2ccc(C=Cc3ccnc4ccccc34)cc2)CC1. The quantitative estimate of drug-likeness (QED) is 0.279. The van der Waals surface area contributed by atoms with E-state index in [-0.39, 0.29) is 0 Å². The molecule has 0 radical (unpaired) electrons. The summed E-state index contributed by atoms with van der Waals surface area (Å²) in [7, 11) is 0. The molecule has 0 N–H and O–H groups in total. The van der Waals surface area contributed by atoms with E-state index in [1.807, 2.05) is 18.3 Å². The van der Waals surface area contributed by atoms with E-state index >= 15 is 0 Å². The fraction of sp³-hybridized carbons (Fsp3) is 0.419. The number of hydrogen-bond acceptors (Lipinski definition) is 3. The first-order chi connectivity index (χ1) is 17.2. The fourth-order valence-electron chi connectivity index (χ4n) is 4.85. The molecule has 2 aromatic carbocycles. The van der Waals surface area contributed by atoms with Crippen molar-refractivity contribution < 1.29 is 4.79 Å². The summed E-state index contributed by atoms with van der Waals surface area (Å²) in [5, 5.41) is 1.17. The number of fused-ring (bicyclic) bond motifs is 1. The Morgan fingerprint density at radius 1 is 0.829 bits per heavy atom. The maximum absolute atomic E-state index is 12.6. The van der Waals surface area contributed by atoms with E-state index in [0.29, 0.717) is 12.3 Å². The average Bonchev–Trinajstić information content (AvgIpc) is 2.91. The van der Waals surface area contributed by atoms with Crippen LogP contribution in [-0.2, 0) is 4.79 Å². The topological polar surface area (TPSA) is 36.4 Å².